The Morgan fingerprint density at radius 1 is 1.09 bits per heavy atom. The van der Waals surface area contributed by atoms with Gasteiger partial charge in [-0.05, 0) is 36.8 Å². The molecule has 1 aromatic carbocycles. The zero-order chi connectivity index (χ0) is 16.1. The van der Waals surface area contributed by atoms with Crippen molar-refractivity contribution in [3.8, 4) is 11.5 Å². The summed E-state index contributed by atoms with van der Waals surface area (Å²) in [6.07, 6.45) is 3.49. The lowest BCUT2D eigenvalue weighted by molar-refractivity contribution is 0.0953. The number of hydrazone groups is 1. The number of hydrogen-bond acceptors (Lipinski definition) is 4. The van der Waals surface area contributed by atoms with Crippen molar-refractivity contribution < 1.29 is 14.3 Å². The molecular weight excluding hydrogens is 280 g/mol. The van der Waals surface area contributed by atoms with E-state index in [1.165, 1.54) is 6.42 Å². The highest BCUT2D eigenvalue weighted by Gasteiger charge is 2.23. The quantitative estimate of drug-likeness (QED) is 0.869. The molecule has 1 aromatic rings. The molecule has 0 radical (unpaired) electrons. The van der Waals surface area contributed by atoms with E-state index >= 15 is 0 Å². The Balaban J connectivity index is 2.15. The molecule has 2 rings (SSSR count). The molecule has 1 saturated carbocycles. The molecular formula is C17H24N2O3. The largest absolute Gasteiger partial charge is 0.497 e. The molecule has 0 aromatic heterocycles. The lowest BCUT2D eigenvalue weighted by Gasteiger charge is -2.26. The maximum absolute atomic E-state index is 12.3. The second-order valence-corrected chi connectivity index (χ2v) is 5.81. The van der Waals surface area contributed by atoms with Gasteiger partial charge < -0.3 is 9.47 Å². The fourth-order valence-electron chi connectivity index (χ4n) is 2.85. The summed E-state index contributed by atoms with van der Waals surface area (Å²) in [5, 5.41) is 4.37. The number of hydrogen-bond donors (Lipinski definition) is 1. The van der Waals surface area contributed by atoms with Crippen LogP contribution in [0, 0.1) is 11.8 Å². The van der Waals surface area contributed by atoms with Crippen molar-refractivity contribution in [3.05, 3.63) is 23.8 Å². The van der Waals surface area contributed by atoms with Gasteiger partial charge >= 0.3 is 0 Å². The first-order chi connectivity index (χ1) is 10.5. The maximum Gasteiger partial charge on any atom is 0.271 e. The summed E-state index contributed by atoms with van der Waals surface area (Å²) >= 11 is 0. The average molecular weight is 304 g/mol. The number of methoxy groups -OCH3 is 2. The average Bonchev–Trinajstić information content (AvgIpc) is 2.53. The van der Waals surface area contributed by atoms with Crippen LogP contribution in [0.4, 0.5) is 0 Å². The zero-order valence-corrected chi connectivity index (χ0v) is 13.7. The van der Waals surface area contributed by atoms with Gasteiger partial charge in [-0.1, -0.05) is 20.3 Å². The van der Waals surface area contributed by atoms with E-state index < -0.39 is 0 Å². The van der Waals surface area contributed by atoms with Crippen LogP contribution in [0.3, 0.4) is 0 Å². The maximum atomic E-state index is 12.3. The fourth-order valence-corrected chi connectivity index (χ4v) is 2.85. The van der Waals surface area contributed by atoms with Gasteiger partial charge in [0.2, 0.25) is 0 Å². The topological polar surface area (TPSA) is 59.9 Å². The third-order valence-corrected chi connectivity index (χ3v) is 4.18. The monoisotopic (exact) mass is 304 g/mol. The molecule has 5 nitrogen and oxygen atoms in total. The number of nitrogens with one attached hydrogen (secondary N) is 1. The van der Waals surface area contributed by atoms with Crippen LogP contribution in [0.1, 0.15) is 43.5 Å². The van der Waals surface area contributed by atoms with Gasteiger partial charge in [0.25, 0.3) is 5.91 Å². The fraction of sp³-hybridized carbons (Fsp3) is 0.529. The number of benzene rings is 1. The van der Waals surface area contributed by atoms with Crippen molar-refractivity contribution in [2.24, 2.45) is 16.9 Å². The molecule has 0 aliphatic heterocycles. The Morgan fingerprint density at radius 3 is 2.14 bits per heavy atom. The van der Waals surface area contributed by atoms with Gasteiger partial charge in [0.05, 0.1) is 14.2 Å². The SMILES string of the molecule is COc1cc(OC)cc(C(=O)NN=C2[C@@H](C)CCC[C@@H]2C)c1. The predicted octanol–water partition coefficient (Wildman–Crippen LogP) is 3.25. The zero-order valence-electron chi connectivity index (χ0n) is 13.7. The Bertz CT molecular complexity index is 535. The van der Waals surface area contributed by atoms with E-state index in [0.717, 1.165) is 18.6 Å². The van der Waals surface area contributed by atoms with Crippen molar-refractivity contribution in [2.75, 3.05) is 14.2 Å². The van der Waals surface area contributed by atoms with Crippen molar-refractivity contribution in [3.63, 3.8) is 0 Å². The highest BCUT2D eigenvalue weighted by molar-refractivity contribution is 5.97. The minimum absolute atomic E-state index is 0.255. The van der Waals surface area contributed by atoms with Crippen molar-refractivity contribution in [1.82, 2.24) is 5.43 Å². The minimum atomic E-state index is -0.255. The van der Waals surface area contributed by atoms with Crippen LogP contribution in [0.15, 0.2) is 23.3 Å². The summed E-state index contributed by atoms with van der Waals surface area (Å²) in [6, 6.07) is 5.07. The molecule has 0 spiro atoms. The molecule has 1 fully saturated rings. The van der Waals surface area contributed by atoms with Crippen molar-refractivity contribution >= 4 is 11.6 Å². The van der Waals surface area contributed by atoms with Crippen LogP contribution in [-0.4, -0.2) is 25.8 Å². The van der Waals surface area contributed by atoms with E-state index in [1.54, 1.807) is 32.4 Å². The molecule has 0 heterocycles. The molecule has 1 aliphatic carbocycles. The lowest BCUT2D eigenvalue weighted by atomic mass is 9.81. The van der Waals surface area contributed by atoms with Crippen molar-refractivity contribution in [1.29, 1.82) is 0 Å². The predicted molar refractivity (Wildman–Crippen MR) is 86.6 cm³/mol. The van der Waals surface area contributed by atoms with Crippen LogP contribution in [-0.2, 0) is 0 Å². The Kier molecular flexibility index (Phi) is 5.41. The number of ether oxygens (including phenoxy) is 2. The molecule has 1 N–H and O–H groups in total. The summed E-state index contributed by atoms with van der Waals surface area (Å²) in [4.78, 5) is 12.3. The molecule has 1 amide bonds. The van der Waals surface area contributed by atoms with Gasteiger partial charge in [0, 0.05) is 17.3 Å². The molecule has 0 saturated heterocycles. The number of amides is 1. The summed E-state index contributed by atoms with van der Waals surface area (Å²) in [7, 11) is 3.12. The van der Waals surface area contributed by atoms with E-state index in [-0.39, 0.29) is 5.91 Å². The van der Waals surface area contributed by atoms with Gasteiger partial charge in [0.1, 0.15) is 11.5 Å². The normalized spacial score (nSPS) is 21.2. The van der Waals surface area contributed by atoms with E-state index in [0.29, 0.717) is 28.9 Å². The molecule has 0 bridgehead atoms. The summed E-state index contributed by atoms with van der Waals surface area (Å²) < 4.78 is 10.4. The number of rotatable bonds is 4. The highest BCUT2D eigenvalue weighted by atomic mass is 16.5. The van der Waals surface area contributed by atoms with Crippen LogP contribution in [0.5, 0.6) is 11.5 Å². The first-order valence-corrected chi connectivity index (χ1v) is 7.66. The van der Waals surface area contributed by atoms with Gasteiger partial charge in [-0.2, -0.15) is 5.10 Å². The van der Waals surface area contributed by atoms with Crippen molar-refractivity contribution in [2.45, 2.75) is 33.1 Å². The van der Waals surface area contributed by atoms with Gasteiger partial charge in [0.15, 0.2) is 0 Å². The third kappa shape index (κ3) is 3.78. The second-order valence-electron chi connectivity index (χ2n) is 5.81. The Labute approximate surface area is 131 Å². The first-order valence-electron chi connectivity index (χ1n) is 7.66. The molecule has 22 heavy (non-hydrogen) atoms. The number of carbonyl (C=O) groups excluding carboxylic acids is 1. The molecule has 2 atom stereocenters. The minimum Gasteiger partial charge on any atom is -0.497 e. The van der Waals surface area contributed by atoms with E-state index in [4.69, 9.17) is 9.47 Å². The molecule has 0 unspecified atom stereocenters. The van der Waals surface area contributed by atoms with Crippen LogP contribution < -0.4 is 14.9 Å². The standard InChI is InChI=1S/C17H24N2O3/c1-11-6-5-7-12(2)16(11)18-19-17(20)13-8-14(21-3)10-15(9-13)22-4/h8-12H,5-7H2,1-4H3,(H,19,20)/t11-,12-/m0/s1. The Morgan fingerprint density at radius 2 is 1.64 bits per heavy atom. The Hall–Kier alpha value is -2.04. The highest BCUT2D eigenvalue weighted by Crippen LogP contribution is 2.26. The number of nitrogens with zero attached hydrogens (tertiary/aromatic N) is 1. The van der Waals surface area contributed by atoms with Crippen LogP contribution in [0.25, 0.3) is 0 Å². The summed E-state index contributed by atoms with van der Waals surface area (Å²) in [5.74, 6) is 1.75. The molecule has 5 heteroatoms. The summed E-state index contributed by atoms with van der Waals surface area (Å²) in [5.41, 5.74) is 4.22. The van der Waals surface area contributed by atoms with Gasteiger partial charge in [-0.25, -0.2) is 5.43 Å². The van der Waals surface area contributed by atoms with Gasteiger partial charge in [-0.15, -0.1) is 0 Å². The molecule has 120 valence electrons. The van der Waals surface area contributed by atoms with E-state index in [2.05, 4.69) is 24.4 Å². The first kappa shape index (κ1) is 16.3. The second kappa shape index (κ2) is 7.29. The van der Waals surface area contributed by atoms with Gasteiger partial charge in [-0.3, -0.25) is 4.79 Å². The lowest BCUT2D eigenvalue weighted by Crippen LogP contribution is -2.29. The smallest absolute Gasteiger partial charge is 0.271 e. The van der Waals surface area contributed by atoms with Crippen LogP contribution >= 0.6 is 0 Å². The van der Waals surface area contributed by atoms with Crippen LogP contribution in [0.2, 0.25) is 0 Å². The third-order valence-electron chi connectivity index (χ3n) is 4.18. The number of carbonyl (C=O) groups is 1. The van der Waals surface area contributed by atoms with E-state index in [1.807, 2.05) is 0 Å². The molecule has 1 aliphatic rings. The summed E-state index contributed by atoms with van der Waals surface area (Å²) in [6.45, 7) is 4.32. The van der Waals surface area contributed by atoms with E-state index in [9.17, 15) is 4.79 Å².